The highest BCUT2D eigenvalue weighted by molar-refractivity contribution is 7.99. The standard InChI is InChI=1S/C10H22ClNS/c1-4-13-7-5-6-12-10(3)9(2)8-11/h9-10,12H,4-8H2,1-3H3. The second-order valence-corrected chi connectivity index (χ2v) is 5.13. The van der Waals surface area contributed by atoms with E-state index >= 15 is 0 Å². The Morgan fingerprint density at radius 3 is 2.62 bits per heavy atom. The van der Waals surface area contributed by atoms with Gasteiger partial charge in [0.25, 0.3) is 0 Å². The van der Waals surface area contributed by atoms with Gasteiger partial charge in [0, 0.05) is 11.9 Å². The Balaban J connectivity index is 3.21. The maximum Gasteiger partial charge on any atom is 0.0263 e. The molecule has 0 amide bonds. The lowest BCUT2D eigenvalue weighted by atomic mass is 10.1. The quantitative estimate of drug-likeness (QED) is 0.502. The summed E-state index contributed by atoms with van der Waals surface area (Å²) in [6, 6.07) is 0.545. The van der Waals surface area contributed by atoms with E-state index in [-0.39, 0.29) is 0 Å². The van der Waals surface area contributed by atoms with Crippen LogP contribution in [0.1, 0.15) is 27.2 Å². The molecule has 2 unspecified atom stereocenters. The van der Waals surface area contributed by atoms with E-state index in [9.17, 15) is 0 Å². The van der Waals surface area contributed by atoms with Crippen molar-refractivity contribution in [1.29, 1.82) is 0 Å². The molecule has 80 valence electrons. The number of alkyl halides is 1. The second kappa shape index (κ2) is 9.17. The largest absolute Gasteiger partial charge is 0.314 e. The highest BCUT2D eigenvalue weighted by Crippen LogP contribution is 2.05. The van der Waals surface area contributed by atoms with Gasteiger partial charge in [-0.05, 0) is 37.3 Å². The first kappa shape index (κ1) is 13.6. The van der Waals surface area contributed by atoms with Gasteiger partial charge in [0.1, 0.15) is 0 Å². The molecule has 1 N–H and O–H groups in total. The van der Waals surface area contributed by atoms with Crippen molar-refractivity contribution in [3.05, 3.63) is 0 Å². The molecule has 0 spiro atoms. The predicted molar refractivity (Wildman–Crippen MR) is 65.0 cm³/mol. The first-order valence-electron chi connectivity index (χ1n) is 5.09. The van der Waals surface area contributed by atoms with Crippen LogP contribution in [-0.2, 0) is 0 Å². The van der Waals surface area contributed by atoms with Crippen molar-refractivity contribution in [1.82, 2.24) is 5.32 Å². The Morgan fingerprint density at radius 1 is 1.38 bits per heavy atom. The van der Waals surface area contributed by atoms with Gasteiger partial charge >= 0.3 is 0 Å². The average molecular weight is 224 g/mol. The van der Waals surface area contributed by atoms with Crippen LogP contribution in [0.25, 0.3) is 0 Å². The van der Waals surface area contributed by atoms with Crippen molar-refractivity contribution in [3.63, 3.8) is 0 Å². The summed E-state index contributed by atoms with van der Waals surface area (Å²) in [5.41, 5.74) is 0. The Kier molecular flexibility index (Phi) is 9.59. The number of thioether (sulfide) groups is 1. The minimum absolute atomic E-state index is 0.545. The van der Waals surface area contributed by atoms with Gasteiger partial charge in [-0.3, -0.25) is 0 Å². The predicted octanol–water partition coefficient (Wildman–Crippen LogP) is 2.98. The van der Waals surface area contributed by atoms with Gasteiger partial charge in [-0.25, -0.2) is 0 Å². The maximum absolute atomic E-state index is 5.77. The molecule has 0 aliphatic carbocycles. The first-order valence-corrected chi connectivity index (χ1v) is 6.78. The summed E-state index contributed by atoms with van der Waals surface area (Å²) in [6.07, 6.45) is 1.26. The molecule has 0 fully saturated rings. The zero-order valence-electron chi connectivity index (χ0n) is 8.98. The van der Waals surface area contributed by atoms with E-state index in [0.29, 0.717) is 12.0 Å². The minimum atomic E-state index is 0.545. The number of rotatable bonds is 8. The molecular formula is C10H22ClNS. The fourth-order valence-corrected chi connectivity index (χ4v) is 1.89. The van der Waals surface area contributed by atoms with Crippen LogP contribution in [0.4, 0.5) is 0 Å². The van der Waals surface area contributed by atoms with E-state index < -0.39 is 0 Å². The maximum atomic E-state index is 5.77. The second-order valence-electron chi connectivity index (χ2n) is 3.42. The zero-order valence-corrected chi connectivity index (χ0v) is 10.5. The van der Waals surface area contributed by atoms with Crippen molar-refractivity contribution in [3.8, 4) is 0 Å². The van der Waals surface area contributed by atoms with E-state index in [1.165, 1.54) is 17.9 Å². The third-order valence-corrected chi connectivity index (χ3v) is 3.71. The van der Waals surface area contributed by atoms with Gasteiger partial charge in [0.05, 0.1) is 0 Å². The number of nitrogens with one attached hydrogen (secondary N) is 1. The van der Waals surface area contributed by atoms with Crippen LogP contribution in [0, 0.1) is 5.92 Å². The van der Waals surface area contributed by atoms with Crippen LogP contribution in [-0.4, -0.2) is 30.0 Å². The third-order valence-electron chi connectivity index (χ3n) is 2.23. The fourth-order valence-electron chi connectivity index (χ4n) is 0.983. The molecule has 0 bridgehead atoms. The smallest absolute Gasteiger partial charge is 0.0263 e. The summed E-state index contributed by atoms with van der Waals surface area (Å²) in [5.74, 6) is 3.82. The summed E-state index contributed by atoms with van der Waals surface area (Å²) in [7, 11) is 0. The Hall–Kier alpha value is 0.600. The van der Waals surface area contributed by atoms with Crippen LogP contribution >= 0.6 is 23.4 Å². The number of hydrogen-bond donors (Lipinski definition) is 1. The lowest BCUT2D eigenvalue weighted by Gasteiger charge is -2.18. The minimum Gasteiger partial charge on any atom is -0.314 e. The Bertz CT molecular complexity index is 111. The van der Waals surface area contributed by atoms with E-state index in [1.807, 2.05) is 11.8 Å². The van der Waals surface area contributed by atoms with E-state index in [4.69, 9.17) is 11.6 Å². The van der Waals surface area contributed by atoms with Gasteiger partial charge in [0.2, 0.25) is 0 Å². The summed E-state index contributed by atoms with van der Waals surface area (Å²) in [6.45, 7) is 7.72. The summed E-state index contributed by atoms with van der Waals surface area (Å²) in [5, 5.41) is 3.49. The van der Waals surface area contributed by atoms with E-state index in [1.54, 1.807) is 0 Å². The van der Waals surface area contributed by atoms with Gasteiger partial charge < -0.3 is 5.32 Å². The number of hydrogen-bond acceptors (Lipinski definition) is 2. The van der Waals surface area contributed by atoms with Crippen molar-refractivity contribution in [2.75, 3.05) is 23.9 Å². The molecule has 0 aromatic carbocycles. The Labute approximate surface area is 92.0 Å². The Morgan fingerprint density at radius 2 is 2.08 bits per heavy atom. The van der Waals surface area contributed by atoms with Crippen LogP contribution in [0.3, 0.4) is 0 Å². The van der Waals surface area contributed by atoms with Crippen molar-refractivity contribution < 1.29 is 0 Å². The third kappa shape index (κ3) is 7.65. The monoisotopic (exact) mass is 223 g/mol. The van der Waals surface area contributed by atoms with Gasteiger partial charge in [-0.2, -0.15) is 11.8 Å². The fraction of sp³-hybridized carbons (Fsp3) is 1.00. The topological polar surface area (TPSA) is 12.0 Å². The van der Waals surface area contributed by atoms with E-state index in [2.05, 4.69) is 26.1 Å². The molecule has 0 aliphatic heterocycles. The van der Waals surface area contributed by atoms with Gasteiger partial charge in [-0.1, -0.05) is 13.8 Å². The van der Waals surface area contributed by atoms with Crippen LogP contribution in [0.5, 0.6) is 0 Å². The zero-order chi connectivity index (χ0) is 10.1. The lowest BCUT2D eigenvalue weighted by molar-refractivity contribution is 0.432. The molecular weight excluding hydrogens is 202 g/mol. The van der Waals surface area contributed by atoms with Crippen molar-refractivity contribution in [2.24, 2.45) is 5.92 Å². The van der Waals surface area contributed by atoms with Crippen LogP contribution < -0.4 is 5.32 Å². The molecule has 0 radical (unpaired) electrons. The first-order chi connectivity index (χ1) is 6.22. The molecule has 0 rings (SSSR count). The average Bonchev–Trinajstić information content (AvgIpc) is 2.16. The highest BCUT2D eigenvalue weighted by atomic mass is 35.5. The molecule has 0 aromatic heterocycles. The normalized spacial score (nSPS) is 15.7. The summed E-state index contributed by atoms with van der Waals surface area (Å²) >= 11 is 7.77. The molecule has 0 aromatic rings. The molecule has 13 heavy (non-hydrogen) atoms. The van der Waals surface area contributed by atoms with Crippen molar-refractivity contribution in [2.45, 2.75) is 33.2 Å². The highest BCUT2D eigenvalue weighted by Gasteiger charge is 2.08. The van der Waals surface area contributed by atoms with Gasteiger partial charge in [-0.15, -0.1) is 11.6 Å². The molecule has 1 nitrogen and oxygen atoms in total. The number of halogens is 1. The molecule has 2 atom stereocenters. The summed E-state index contributed by atoms with van der Waals surface area (Å²) in [4.78, 5) is 0. The van der Waals surface area contributed by atoms with Crippen LogP contribution in [0.15, 0.2) is 0 Å². The molecule has 0 saturated heterocycles. The molecule has 0 aliphatic rings. The lowest BCUT2D eigenvalue weighted by Crippen LogP contribution is -2.33. The van der Waals surface area contributed by atoms with E-state index in [0.717, 1.165) is 12.4 Å². The molecule has 0 heterocycles. The molecule has 0 saturated carbocycles. The molecule has 3 heteroatoms. The summed E-state index contributed by atoms with van der Waals surface area (Å²) < 4.78 is 0. The SMILES string of the molecule is CCSCCCNC(C)C(C)CCl. The van der Waals surface area contributed by atoms with Crippen molar-refractivity contribution >= 4 is 23.4 Å². The van der Waals surface area contributed by atoms with Gasteiger partial charge in [0.15, 0.2) is 0 Å². The van der Waals surface area contributed by atoms with Crippen LogP contribution in [0.2, 0.25) is 0 Å².